The van der Waals surface area contributed by atoms with Gasteiger partial charge in [0.1, 0.15) is 0 Å². The van der Waals surface area contributed by atoms with E-state index in [1.54, 1.807) is 0 Å². The maximum atomic E-state index is 5.12. The zero-order valence-corrected chi connectivity index (χ0v) is 30.4. The lowest BCUT2D eigenvalue weighted by Crippen LogP contribution is -1.96. The van der Waals surface area contributed by atoms with E-state index in [0.717, 1.165) is 89.4 Å². The Labute approximate surface area is 325 Å². The van der Waals surface area contributed by atoms with Crippen molar-refractivity contribution in [2.24, 2.45) is 0 Å². The Kier molecular flexibility index (Phi) is 8.47. The smallest absolute Gasteiger partial charge is 0.0973 e. The highest BCUT2D eigenvalue weighted by atomic mass is 14.8. The highest BCUT2D eigenvalue weighted by Crippen LogP contribution is 2.40. The van der Waals surface area contributed by atoms with Crippen LogP contribution in [-0.4, -0.2) is 19.9 Å². The van der Waals surface area contributed by atoms with Crippen LogP contribution in [0.3, 0.4) is 0 Å². The summed E-state index contributed by atoms with van der Waals surface area (Å²) in [4.78, 5) is 20.4. The fourth-order valence-electron chi connectivity index (χ4n) is 7.55. The molecule has 0 N–H and O–H groups in total. The van der Waals surface area contributed by atoms with Crippen molar-refractivity contribution in [1.29, 1.82) is 0 Å². The predicted octanol–water partition coefficient (Wildman–Crippen LogP) is 13.2. The van der Waals surface area contributed by atoms with Crippen LogP contribution in [0.2, 0.25) is 0 Å². The summed E-state index contributed by atoms with van der Waals surface area (Å²) < 4.78 is 0. The molecule has 0 aliphatic rings. The van der Waals surface area contributed by atoms with Crippen LogP contribution in [0.25, 0.3) is 100 Å². The number of hydrogen-bond donors (Lipinski definition) is 0. The molecular formula is C52H34N4. The molecule has 0 spiro atoms. The number of rotatable bonds is 7. The highest BCUT2D eigenvalue weighted by molar-refractivity contribution is 5.93. The monoisotopic (exact) mass is 714 g/mol. The van der Waals surface area contributed by atoms with Gasteiger partial charge in [0.15, 0.2) is 0 Å². The van der Waals surface area contributed by atoms with Gasteiger partial charge in [0.2, 0.25) is 0 Å². The number of fused-ring (bicyclic) bond motifs is 2. The second kappa shape index (κ2) is 14.3. The van der Waals surface area contributed by atoms with Gasteiger partial charge in [-0.25, -0.2) is 19.9 Å². The third-order valence-corrected chi connectivity index (χ3v) is 10.3. The molecule has 10 aromatic rings. The first-order valence-corrected chi connectivity index (χ1v) is 18.8. The maximum Gasteiger partial charge on any atom is 0.0973 e. The minimum Gasteiger partial charge on any atom is -0.244 e. The van der Waals surface area contributed by atoms with Crippen molar-refractivity contribution >= 4 is 22.1 Å². The largest absolute Gasteiger partial charge is 0.244 e. The number of hydrogen-bond acceptors (Lipinski definition) is 4. The SMILES string of the molecule is c1ccc(-c2nc3ccccc3nc2-c2ccc(-c3ccccc3-c3ccccc3-c3ccc(-c4nc5ccccc5nc4-c4ccccc4)cc3)cc2)cc1. The second-order valence-electron chi connectivity index (χ2n) is 13.8. The summed E-state index contributed by atoms with van der Waals surface area (Å²) in [6, 6.07) is 71.5. The third kappa shape index (κ3) is 6.19. The summed E-state index contributed by atoms with van der Waals surface area (Å²) in [6.07, 6.45) is 0. The highest BCUT2D eigenvalue weighted by Gasteiger charge is 2.17. The average Bonchev–Trinajstić information content (AvgIpc) is 3.29. The standard InChI is InChI=1S/C52H34N4/c1-3-15-37(16-4-1)49-51(55-47-25-13-11-23-45(47)53-49)39-31-27-35(28-32-39)41-19-7-9-21-43(41)44-22-10-8-20-42(44)36-29-33-40(34-30-36)52-50(38-17-5-2-6-18-38)54-46-24-12-14-26-48(46)56-52/h1-34H. The normalized spacial score (nSPS) is 11.2. The van der Waals surface area contributed by atoms with E-state index in [1.165, 1.54) is 11.1 Å². The van der Waals surface area contributed by atoms with Crippen LogP contribution in [0.4, 0.5) is 0 Å². The molecule has 4 heteroatoms. The molecule has 0 saturated carbocycles. The summed E-state index contributed by atoms with van der Waals surface area (Å²) in [5.41, 5.74) is 18.1. The van der Waals surface area contributed by atoms with Gasteiger partial charge in [-0.15, -0.1) is 0 Å². The van der Waals surface area contributed by atoms with E-state index >= 15 is 0 Å². The minimum atomic E-state index is 0.870. The average molecular weight is 715 g/mol. The van der Waals surface area contributed by atoms with Crippen LogP contribution >= 0.6 is 0 Å². The van der Waals surface area contributed by atoms with Crippen molar-refractivity contribution in [3.63, 3.8) is 0 Å². The zero-order chi connectivity index (χ0) is 37.3. The minimum absolute atomic E-state index is 0.870. The lowest BCUT2D eigenvalue weighted by Gasteiger charge is -2.16. The molecule has 2 heterocycles. The van der Waals surface area contributed by atoms with Crippen molar-refractivity contribution in [2.75, 3.05) is 0 Å². The topological polar surface area (TPSA) is 51.6 Å². The van der Waals surface area contributed by atoms with Crippen LogP contribution in [0, 0.1) is 0 Å². The van der Waals surface area contributed by atoms with Crippen molar-refractivity contribution < 1.29 is 0 Å². The predicted molar refractivity (Wildman–Crippen MR) is 231 cm³/mol. The molecule has 0 fully saturated rings. The third-order valence-electron chi connectivity index (χ3n) is 10.3. The Morgan fingerprint density at radius 1 is 0.179 bits per heavy atom. The summed E-state index contributed by atoms with van der Waals surface area (Å²) in [7, 11) is 0. The van der Waals surface area contributed by atoms with Crippen molar-refractivity contribution in [1.82, 2.24) is 19.9 Å². The van der Waals surface area contributed by atoms with E-state index in [-0.39, 0.29) is 0 Å². The molecular weight excluding hydrogens is 681 g/mol. The number of para-hydroxylation sites is 4. The van der Waals surface area contributed by atoms with E-state index < -0.39 is 0 Å². The van der Waals surface area contributed by atoms with Crippen molar-refractivity contribution in [3.05, 3.63) is 206 Å². The van der Waals surface area contributed by atoms with Crippen molar-refractivity contribution in [3.8, 4) is 78.4 Å². The molecule has 0 saturated heterocycles. The van der Waals surface area contributed by atoms with Gasteiger partial charge >= 0.3 is 0 Å². The molecule has 262 valence electrons. The molecule has 0 aliphatic heterocycles. The quantitative estimate of drug-likeness (QED) is 0.165. The van der Waals surface area contributed by atoms with E-state index in [9.17, 15) is 0 Å². The van der Waals surface area contributed by atoms with Gasteiger partial charge < -0.3 is 0 Å². The fourth-order valence-corrected chi connectivity index (χ4v) is 7.55. The molecule has 10 rings (SSSR count). The summed E-state index contributed by atoms with van der Waals surface area (Å²) >= 11 is 0. The molecule has 56 heavy (non-hydrogen) atoms. The van der Waals surface area contributed by atoms with Crippen LogP contribution in [-0.2, 0) is 0 Å². The molecule has 0 aliphatic carbocycles. The number of aromatic nitrogens is 4. The lowest BCUT2D eigenvalue weighted by molar-refractivity contribution is 1.29. The van der Waals surface area contributed by atoms with Gasteiger partial charge in [-0.2, -0.15) is 0 Å². The number of benzene rings is 8. The molecule has 0 atom stereocenters. The lowest BCUT2D eigenvalue weighted by atomic mass is 9.88. The Balaban J connectivity index is 1.02. The van der Waals surface area contributed by atoms with Gasteiger partial charge in [0.05, 0.1) is 44.8 Å². The molecule has 0 bridgehead atoms. The van der Waals surface area contributed by atoms with Gasteiger partial charge in [0.25, 0.3) is 0 Å². The summed E-state index contributed by atoms with van der Waals surface area (Å²) in [6.45, 7) is 0. The molecule has 0 radical (unpaired) electrons. The van der Waals surface area contributed by atoms with Crippen LogP contribution < -0.4 is 0 Å². The Morgan fingerprint density at radius 2 is 0.411 bits per heavy atom. The van der Waals surface area contributed by atoms with Crippen LogP contribution in [0.1, 0.15) is 0 Å². The summed E-state index contributed by atoms with van der Waals surface area (Å²) in [5.74, 6) is 0. The van der Waals surface area contributed by atoms with E-state index in [1.807, 2.05) is 84.9 Å². The van der Waals surface area contributed by atoms with Gasteiger partial charge in [-0.3, -0.25) is 0 Å². The number of nitrogens with zero attached hydrogens (tertiary/aromatic N) is 4. The summed E-state index contributed by atoms with van der Waals surface area (Å²) in [5, 5.41) is 0. The molecule has 4 nitrogen and oxygen atoms in total. The molecule has 0 unspecified atom stereocenters. The van der Waals surface area contributed by atoms with Gasteiger partial charge in [-0.05, 0) is 57.6 Å². The Morgan fingerprint density at radius 3 is 0.732 bits per heavy atom. The Bertz CT molecular complexity index is 2790. The first kappa shape index (κ1) is 33.0. The van der Waals surface area contributed by atoms with E-state index in [0.29, 0.717) is 0 Å². The second-order valence-corrected chi connectivity index (χ2v) is 13.8. The molecule has 8 aromatic carbocycles. The Hall–Kier alpha value is -7.56. The zero-order valence-electron chi connectivity index (χ0n) is 30.4. The van der Waals surface area contributed by atoms with Gasteiger partial charge in [-0.1, -0.05) is 182 Å². The molecule has 2 aromatic heterocycles. The van der Waals surface area contributed by atoms with E-state index in [4.69, 9.17) is 19.9 Å². The first-order chi connectivity index (χ1) is 27.8. The maximum absolute atomic E-state index is 5.12. The van der Waals surface area contributed by atoms with Crippen molar-refractivity contribution in [2.45, 2.75) is 0 Å². The van der Waals surface area contributed by atoms with Crippen LogP contribution in [0.5, 0.6) is 0 Å². The fraction of sp³-hybridized carbons (Fsp3) is 0. The first-order valence-electron chi connectivity index (χ1n) is 18.8. The van der Waals surface area contributed by atoms with Gasteiger partial charge in [0, 0.05) is 22.3 Å². The molecule has 0 amide bonds. The van der Waals surface area contributed by atoms with Crippen LogP contribution in [0.15, 0.2) is 206 Å². The van der Waals surface area contributed by atoms with E-state index in [2.05, 4.69) is 121 Å².